The number of nitrogen functional groups attached to an aromatic ring is 1. The smallest absolute Gasteiger partial charge is 0.230 e. The van der Waals surface area contributed by atoms with E-state index in [9.17, 15) is 0 Å². The van der Waals surface area contributed by atoms with Gasteiger partial charge in [-0.2, -0.15) is 11.3 Å². The minimum absolute atomic E-state index is 0.304. The summed E-state index contributed by atoms with van der Waals surface area (Å²) in [6, 6.07) is 9.46. The maximum atomic E-state index is 6.00. The van der Waals surface area contributed by atoms with Crippen molar-refractivity contribution in [3.05, 3.63) is 46.1 Å². The van der Waals surface area contributed by atoms with Crippen LogP contribution in [0.2, 0.25) is 5.02 Å². The third kappa shape index (κ3) is 1.89. The van der Waals surface area contributed by atoms with Crippen LogP contribution in [0.3, 0.4) is 0 Å². The summed E-state index contributed by atoms with van der Waals surface area (Å²) in [6.07, 6.45) is 0. The SMILES string of the molecule is Nc1onc(-c2ccsc2)c1-c1cccc(Cl)c1. The molecule has 0 atom stereocenters. The number of hydrogen-bond donors (Lipinski definition) is 1. The molecule has 2 heterocycles. The zero-order valence-electron chi connectivity index (χ0n) is 9.26. The molecule has 3 nitrogen and oxygen atoms in total. The van der Waals surface area contributed by atoms with E-state index >= 15 is 0 Å². The number of benzene rings is 1. The minimum Gasteiger partial charge on any atom is -0.367 e. The van der Waals surface area contributed by atoms with Crippen molar-refractivity contribution < 1.29 is 4.52 Å². The van der Waals surface area contributed by atoms with Gasteiger partial charge in [0.2, 0.25) is 5.88 Å². The number of nitrogens with two attached hydrogens (primary N) is 1. The number of halogens is 1. The molecule has 0 aliphatic carbocycles. The molecule has 3 rings (SSSR count). The predicted octanol–water partition coefficient (Wildman–Crippen LogP) is 4.31. The van der Waals surface area contributed by atoms with Crippen molar-refractivity contribution in [2.45, 2.75) is 0 Å². The quantitative estimate of drug-likeness (QED) is 0.759. The van der Waals surface area contributed by atoms with E-state index in [0.717, 1.165) is 22.4 Å². The Bertz CT molecular complexity index is 676. The Hall–Kier alpha value is -1.78. The summed E-state index contributed by atoms with van der Waals surface area (Å²) in [5.74, 6) is 0.304. The molecule has 90 valence electrons. The van der Waals surface area contributed by atoms with Crippen LogP contribution in [0.5, 0.6) is 0 Å². The molecule has 0 unspecified atom stereocenters. The van der Waals surface area contributed by atoms with E-state index in [1.807, 2.05) is 41.1 Å². The van der Waals surface area contributed by atoms with Gasteiger partial charge >= 0.3 is 0 Å². The fourth-order valence-corrected chi connectivity index (χ4v) is 2.65. The highest BCUT2D eigenvalue weighted by Gasteiger charge is 2.17. The van der Waals surface area contributed by atoms with E-state index in [-0.39, 0.29) is 0 Å². The highest BCUT2D eigenvalue weighted by molar-refractivity contribution is 7.08. The van der Waals surface area contributed by atoms with Gasteiger partial charge in [0.05, 0.1) is 5.56 Å². The van der Waals surface area contributed by atoms with Crippen molar-refractivity contribution in [1.82, 2.24) is 5.16 Å². The Balaban J connectivity index is 2.20. The van der Waals surface area contributed by atoms with E-state index < -0.39 is 0 Å². The fraction of sp³-hybridized carbons (Fsp3) is 0. The number of anilines is 1. The molecule has 0 aliphatic rings. The third-order valence-corrected chi connectivity index (χ3v) is 3.54. The van der Waals surface area contributed by atoms with Crippen LogP contribution in [0.4, 0.5) is 5.88 Å². The predicted molar refractivity (Wildman–Crippen MR) is 74.7 cm³/mol. The second-order valence-corrected chi connectivity index (χ2v) is 5.01. The Kier molecular flexibility index (Phi) is 2.81. The molecule has 18 heavy (non-hydrogen) atoms. The van der Waals surface area contributed by atoms with E-state index in [0.29, 0.717) is 10.9 Å². The van der Waals surface area contributed by atoms with Gasteiger partial charge in [-0.15, -0.1) is 0 Å². The molecule has 0 saturated heterocycles. The number of hydrogen-bond acceptors (Lipinski definition) is 4. The number of nitrogens with zero attached hydrogens (tertiary/aromatic N) is 1. The van der Waals surface area contributed by atoms with Crippen LogP contribution in [0.15, 0.2) is 45.6 Å². The molecule has 0 radical (unpaired) electrons. The van der Waals surface area contributed by atoms with E-state index in [1.165, 1.54) is 0 Å². The third-order valence-electron chi connectivity index (χ3n) is 2.63. The van der Waals surface area contributed by atoms with Crippen molar-refractivity contribution in [3.63, 3.8) is 0 Å². The van der Waals surface area contributed by atoms with Crippen LogP contribution in [0.25, 0.3) is 22.4 Å². The maximum Gasteiger partial charge on any atom is 0.230 e. The first kappa shape index (κ1) is 11.3. The average molecular weight is 277 g/mol. The molecule has 0 bridgehead atoms. The highest BCUT2D eigenvalue weighted by Crippen LogP contribution is 2.37. The molecule has 0 aliphatic heterocycles. The van der Waals surface area contributed by atoms with Gasteiger partial charge in [0.25, 0.3) is 0 Å². The van der Waals surface area contributed by atoms with Gasteiger partial charge in [-0.1, -0.05) is 28.9 Å². The van der Waals surface area contributed by atoms with Gasteiger partial charge in [0, 0.05) is 16.0 Å². The molecule has 5 heteroatoms. The van der Waals surface area contributed by atoms with Crippen LogP contribution in [0, 0.1) is 0 Å². The molecule has 1 aromatic carbocycles. The Labute approximate surface area is 113 Å². The summed E-state index contributed by atoms with van der Waals surface area (Å²) in [7, 11) is 0. The largest absolute Gasteiger partial charge is 0.367 e. The molecular formula is C13H9ClN2OS. The van der Waals surface area contributed by atoms with Crippen molar-refractivity contribution in [2.24, 2.45) is 0 Å². The van der Waals surface area contributed by atoms with E-state index in [1.54, 1.807) is 11.3 Å². The molecular weight excluding hydrogens is 268 g/mol. The molecule has 0 spiro atoms. The second kappa shape index (κ2) is 4.48. The zero-order chi connectivity index (χ0) is 12.5. The van der Waals surface area contributed by atoms with Crippen LogP contribution in [-0.2, 0) is 0 Å². The summed E-state index contributed by atoms with van der Waals surface area (Å²) in [5, 5.41) is 8.68. The zero-order valence-corrected chi connectivity index (χ0v) is 10.8. The van der Waals surface area contributed by atoms with E-state index in [2.05, 4.69) is 5.16 Å². The minimum atomic E-state index is 0.304. The molecule has 0 amide bonds. The lowest BCUT2D eigenvalue weighted by atomic mass is 10.0. The van der Waals surface area contributed by atoms with Gasteiger partial charge in [0.1, 0.15) is 5.69 Å². The highest BCUT2D eigenvalue weighted by atomic mass is 35.5. The van der Waals surface area contributed by atoms with Gasteiger partial charge in [0.15, 0.2) is 0 Å². The van der Waals surface area contributed by atoms with Crippen molar-refractivity contribution in [2.75, 3.05) is 5.73 Å². The van der Waals surface area contributed by atoms with Crippen LogP contribution < -0.4 is 5.73 Å². The Morgan fingerprint density at radius 1 is 1.22 bits per heavy atom. The summed E-state index contributed by atoms with van der Waals surface area (Å²) in [6.45, 7) is 0. The molecule has 2 aromatic heterocycles. The summed E-state index contributed by atoms with van der Waals surface area (Å²) < 4.78 is 5.10. The number of aromatic nitrogens is 1. The first-order valence-corrected chi connectivity index (χ1v) is 6.61. The van der Waals surface area contributed by atoms with Crippen LogP contribution >= 0.6 is 22.9 Å². The standard InChI is InChI=1S/C13H9ClN2OS/c14-10-3-1-2-8(6-10)11-12(16-17-13(11)15)9-4-5-18-7-9/h1-7H,15H2. The maximum absolute atomic E-state index is 6.00. The summed E-state index contributed by atoms with van der Waals surface area (Å²) in [4.78, 5) is 0. The first-order chi connectivity index (χ1) is 8.75. The Morgan fingerprint density at radius 2 is 2.11 bits per heavy atom. The lowest BCUT2D eigenvalue weighted by molar-refractivity contribution is 0.439. The molecule has 3 aromatic rings. The van der Waals surface area contributed by atoms with Crippen LogP contribution in [-0.4, -0.2) is 5.16 Å². The van der Waals surface area contributed by atoms with Crippen LogP contribution in [0.1, 0.15) is 0 Å². The Morgan fingerprint density at radius 3 is 2.83 bits per heavy atom. The lowest BCUT2D eigenvalue weighted by Gasteiger charge is -2.01. The first-order valence-electron chi connectivity index (χ1n) is 5.29. The van der Waals surface area contributed by atoms with Crippen molar-refractivity contribution in [3.8, 4) is 22.4 Å². The molecule has 0 saturated carbocycles. The summed E-state index contributed by atoms with van der Waals surface area (Å²) >= 11 is 7.60. The van der Waals surface area contributed by atoms with Crippen molar-refractivity contribution >= 4 is 28.8 Å². The van der Waals surface area contributed by atoms with Gasteiger partial charge in [-0.3, -0.25) is 0 Å². The van der Waals surface area contributed by atoms with Gasteiger partial charge < -0.3 is 10.3 Å². The average Bonchev–Trinajstić information content (AvgIpc) is 2.97. The van der Waals surface area contributed by atoms with Gasteiger partial charge in [-0.05, 0) is 29.1 Å². The van der Waals surface area contributed by atoms with E-state index in [4.69, 9.17) is 21.9 Å². The number of rotatable bonds is 2. The van der Waals surface area contributed by atoms with Gasteiger partial charge in [-0.25, -0.2) is 0 Å². The fourth-order valence-electron chi connectivity index (χ4n) is 1.82. The van der Waals surface area contributed by atoms with Crippen molar-refractivity contribution in [1.29, 1.82) is 0 Å². The molecule has 2 N–H and O–H groups in total. The normalized spacial score (nSPS) is 10.7. The second-order valence-electron chi connectivity index (χ2n) is 3.79. The topological polar surface area (TPSA) is 52.0 Å². The number of thiophene rings is 1. The molecule has 0 fully saturated rings. The monoisotopic (exact) mass is 276 g/mol. The lowest BCUT2D eigenvalue weighted by Crippen LogP contribution is -1.87. The summed E-state index contributed by atoms with van der Waals surface area (Å²) in [5.41, 5.74) is 9.30.